The van der Waals surface area contributed by atoms with E-state index in [1.807, 2.05) is 6.92 Å². The van der Waals surface area contributed by atoms with Crippen LogP contribution in [-0.4, -0.2) is 17.0 Å². The maximum absolute atomic E-state index is 11.9. The summed E-state index contributed by atoms with van der Waals surface area (Å²) in [5.41, 5.74) is -0.772. The molecule has 0 saturated heterocycles. The van der Waals surface area contributed by atoms with E-state index in [4.69, 9.17) is 0 Å². The van der Waals surface area contributed by atoms with Gasteiger partial charge in [-0.15, -0.1) is 18.4 Å². The first kappa shape index (κ1) is 13.9. The molecule has 0 aromatic carbocycles. The van der Waals surface area contributed by atoms with Gasteiger partial charge in [0.25, 0.3) is 0 Å². The number of hydrogen-bond acceptors (Lipinski definition) is 2. The van der Waals surface area contributed by atoms with Gasteiger partial charge < -0.3 is 5.11 Å². The predicted octanol–water partition coefficient (Wildman–Crippen LogP) is 2.18. The Balaban J connectivity index is 4.54. The van der Waals surface area contributed by atoms with E-state index >= 15 is 0 Å². The summed E-state index contributed by atoms with van der Waals surface area (Å²) in [5, 5.41) is 9.62. The van der Waals surface area contributed by atoms with Crippen molar-refractivity contribution < 1.29 is 9.90 Å². The zero-order valence-corrected chi connectivity index (χ0v) is 10.0. The highest BCUT2D eigenvalue weighted by molar-refractivity contribution is 5.85. The molecule has 15 heavy (non-hydrogen) atoms. The van der Waals surface area contributed by atoms with E-state index in [2.05, 4.69) is 18.4 Å². The topological polar surface area (TPSA) is 37.3 Å². The lowest BCUT2D eigenvalue weighted by atomic mass is 9.79. The van der Waals surface area contributed by atoms with Gasteiger partial charge in [0, 0.05) is 12.3 Å². The fraction of sp³-hybridized carbons (Fsp3) is 0.615. The molecule has 0 aliphatic carbocycles. The fourth-order valence-corrected chi connectivity index (χ4v) is 1.30. The van der Waals surface area contributed by atoms with Crippen LogP contribution in [0.4, 0.5) is 0 Å². The summed E-state index contributed by atoms with van der Waals surface area (Å²) in [6.45, 7) is 10.6. The van der Waals surface area contributed by atoms with Crippen molar-refractivity contribution in [3.8, 4) is 11.8 Å². The lowest BCUT2D eigenvalue weighted by Gasteiger charge is -2.27. The second kappa shape index (κ2) is 5.72. The van der Waals surface area contributed by atoms with Crippen molar-refractivity contribution in [3.05, 3.63) is 12.7 Å². The molecule has 84 valence electrons. The van der Waals surface area contributed by atoms with Crippen molar-refractivity contribution in [2.24, 2.45) is 11.3 Å². The van der Waals surface area contributed by atoms with Crippen LogP contribution in [0.5, 0.6) is 0 Å². The van der Waals surface area contributed by atoms with Crippen molar-refractivity contribution in [3.63, 3.8) is 0 Å². The largest absolute Gasteiger partial charge is 0.388 e. The Morgan fingerprint density at radius 2 is 2.13 bits per heavy atom. The quantitative estimate of drug-likeness (QED) is 0.555. The van der Waals surface area contributed by atoms with Crippen molar-refractivity contribution >= 4 is 5.78 Å². The molecule has 0 unspecified atom stereocenters. The summed E-state index contributed by atoms with van der Waals surface area (Å²) >= 11 is 0. The monoisotopic (exact) mass is 208 g/mol. The maximum Gasteiger partial charge on any atom is 0.142 e. The third-order valence-corrected chi connectivity index (χ3v) is 2.56. The van der Waals surface area contributed by atoms with Crippen molar-refractivity contribution in [1.82, 2.24) is 0 Å². The molecule has 0 aromatic rings. The Labute approximate surface area is 92.4 Å². The second-order valence-electron chi connectivity index (χ2n) is 4.32. The lowest BCUT2D eigenvalue weighted by molar-refractivity contribution is -0.131. The number of ketones is 1. The molecule has 0 aliphatic heterocycles. The van der Waals surface area contributed by atoms with Gasteiger partial charge in [-0.25, -0.2) is 0 Å². The molecular formula is C13H20O2. The van der Waals surface area contributed by atoms with Gasteiger partial charge in [0.1, 0.15) is 5.78 Å². The molecule has 0 spiro atoms. The fourth-order valence-electron chi connectivity index (χ4n) is 1.30. The third-order valence-electron chi connectivity index (χ3n) is 2.56. The molecule has 0 saturated carbocycles. The number of Topliss-reactive ketones (excluding diaryl/α,β-unsaturated/α-hetero) is 1. The van der Waals surface area contributed by atoms with E-state index in [0.717, 1.165) is 0 Å². The normalized spacial score (nSPS) is 14.7. The van der Waals surface area contributed by atoms with Crippen LogP contribution in [-0.2, 0) is 4.79 Å². The van der Waals surface area contributed by atoms with Crippen molar-refractivity contribution in [1.29, 1.82) is 0 Å². The second-order valence-corrected chi connectivity index (χ2v) is 4.32. The van der Waals surface area contributed by atoms with Gasteiger partial charge in [-0.3, -0.25) is 4.79 Å². The van der Waals surface area contributed by atoms with Gasteiger partial charge in [0.15, 0.2) is 0 Å². The Hall–Kier alpha value is -1.07. The first-order valence-corrected chi connectivity index (χ1v) is 5.12. The Morgan fingerprint density at radius 3 is 2.53 bits per heavy atom. The lowest BCUT2D eigenvalue weighted by Crippen LogP contribution is -2.36. The summed E-state index contributed by atoms with van der Waals surface area (Å²) in [6, 6.07) is 0. The van der Waals surface area contributed by atoms with Crippen LogP contribution in [0.25, 0.3) is 0 Å². The van der Waals surface area contributed by atoms with Crippen LogP contribution in [0.15, 0.2) is 12.7 Å². The Kier molecular flexibility index (Phi) is 5.32. The van der Waals surface area contributed by atoms with Gasteiger partial charge in [0.05, 0.1) is 11.5 Å². The minimum atomic E-state index is -0.799. The number of rotatable bonds is 5. The first-order chi connectivity index (χ1) is 6.86. The van der Waals surface area contributed by atoms with Gasteiger partial charge in [-0.05, 0) is 6.92 Å². The average molecular weight is 208 g/mol. The molecule has 2 nitrogen and oxygen atoms in total. The van der Waals surface area contributed by atoms with Gasteiger partial charge >= 0.3 is 0 Å². The minimum absolute atomic E-state index is 0.0187. The zero-order chi connectivity index (χ0) is 12.1. The highest BCUT2D eigenvalue weighted by Crippen LogP contribution is 2.25. The van der Waals surface area contributed by atoms with E-state index in [1.54, 1.807) is 20.8 Å². The van der Waals surface area contributed by atoms with E-state index in [1.165, 1.54) is 6.08 Å². The Bertz CT molecular complexity index is 291. The number of hydrogen-bond donors (Lipinski definition) is 1. The van der Waals surface area contributed by atoms with Crippen LogP contribution in [0.1, 0.15) is 34.1 Å². The highest BCUT2D eigenvalue weighted by Gasteiger charge is 2.33. The van der Waals surface area contributed by atoms with Crippen LogP contribution >= 0.6 is 0 Å². The summed E-state index contributed by atoms with van der Waals surface area (Å²) < 4.78 is 0. The molecule has 0 heterocycles. The van der Waals surface area contributed by atoms with Crippen LogP contribution in [0.2, 0.25) is 0 Å². The van der Waals surface area contributed by atoms with Gasteiger partial charge in [0.2, 0.25) is 0 Å². The van der Waals surface area contributed by atoms with Crippen LogP contribution in [0, 0.1) is 23.2 Å². The molecule has 1 N–H and O–H groups in total. The molecule has 0 aliphatic rings. The molecule has 0 fully saturated rings. The zero-order valence-electron chi connectivity index (χ0n) is 10.0. The number of aliphatic hydroxyl groups is 1. The van der Waals surface area contributed by atoms with Crippen molar-refractivity contribution in [2.75, 3.05) is 0 Å². The van der Waals surface area contributed by atoms with Gasteiger partial charge in [-0.2, -0.15) is 0 Å². The third kappa shape index (κ3) is 3.89. The first-order valence-electron chi connectivity index (χ1n) is 5.12. The molecule has 2 heteroatoms. The number of carbonyl (C=O) groups is 1. The molecular weight excluding hydrogens is 188 g/mol. The Morgan fingerprint density at radius 1 is 1.60 bits per heavy atom. The minimum Gasteiger partial charge on any atom is -0.388 e. The van der Waals surface area contributed by atoms with Crippen LogP contribution in [0.3, 0.4) is 0 Å². The molecule has 0 radical (unpaired) electrons. The smallest absolute Gasteiger partial charge is 0.142 e. The highest BCUT2D eigenvalue weighted by atomic mass is 16.3. The van der Waals surface area contributed by atoms with Crippen LogP contribution < -0.4 is 0 Å². The standard InChI is InChI=1S/C13H20O2/c1-6-8-10(3)9-12(15)13(4,5)11(14)7-2/h7,10-11,14H,2,9H2,1,3-5H3/t10-,11+/m0/s1. The summed E-state index contributed by atoms with van der Waals surface area (Å²) in [6.07, 6.45) is 0.971. The molecule has 0 rings (SSSR count). The SMILES string of the molecule is C=C[C@@H](O)C(C)(C)C(=O)C[C@@H](C)C#CC. The summed E-state index contributed by atoms with van der Waals surface area (Å²) in [4.78, 5) is 11.9. The molecule has 2 atom stereocenters. The summed E-state index contributed by atoms with van der Waals surface area (Å²) in [7, 11) is 0. The number of aliphatic hydroxyl groups excluding tert-OH is 1. The molecule has 0 amide bonds. The summed E-state index contributed by atoms with van der Waals surface area (Å²) in [5.74, 6) is 5.77. The maximum atomic E-state index is 11.9. The predicted molar refractivity (Wildman–Crippen MR) is 62.2 cm³/mol. The van der Waals surface area contributed by atoms with E-state index in [9.17, 15) is 9.90 Å². The van der Waals surface area contributed by atoms with Crippen molar-refractivity contribution in [2.45, 2.75) is 40.2 Å². The number of carbonyl (C=O) groups excluding carboxylic acids is 1. The molecule has 0 bridgehead atoms. The van der Waals surface area contributed by atoms with Gasteiger partial charge in [-0.1, -0.05) is 26.8 Å². The molecule has 0 aromatic heterocycles. The van der Waals surface area contributed by atoms with E-state index in [-0.39, 0.29) is 11.7 Å². The van der Waals surface area contributed by atoms with E-state index in [0.29, 0.717) is 6.42 Å². The van der Waals surface area contributed by atoms with E-state index < -0.39 is 11.5 Å². The average Bonchev–Trinajstić information content (AvgIpc) is 2.16.